The van der Waals surface area contributed by atoms with Crippen LogP contribution in [0.15, 0.2) is 46.3 Å². The topological polar surface area (TPSA) is 55.9 Å². The van der Waals surface area contributed by atoms with Gasteiger partial charge < -0.3 is 9.73 Å². The van der Waals surface area contributed by atoms with Gasteiger partial charge in [-0.15, -0.1) is 11.3 Å². The molecule has 0 amide bonds. The van der Waals surface area contributed by atoms with Crippen molar-refractivity contribution in [1.82, 2.24) is 20.1 Å². The van der Waals surface area contributed by atoms with Gasteiger partial charge in [-0.2, -0.15) is 5.10 Å². The molecule has 0 aliphatic heterocycles. The summed E-state index contributed by atoms with van der Waals surface area (Å²) in [6.07, 6.45) is 2.03. The van der Waals surface area contributed by atoms with Crippen LogP contribution in [0.1, 0.15) is 16.3 Å². The van der Waals surface area contributed by atoms with E-state index in [0.29, 0.717) is 0 Å². The molecule has 122 valence electrons. The fourth-order valence-corrected chi connectivity index (χ4v) is 3.40. The van der Waals surface area contributed by atoms with Crippen LogP contribution in [0.3, 0.4) is 0 Å². The van der Waals surface area contributed by atoms with Crippen molar-refractivity contribution < 1.29 is 4.42 Å². The fourth-order valence-electron chi connectivity index (χ4n) is 2.79. The maximum Gasteiger partial charge on any atom is 0.156 e. The molecule has 0 aliphatic carbocycles. The van der Waals surface area contributed by atoms with Gasteiger partial charge in [0, 0.05) is 42.7 Å². The van der Waals surface area contributed by atoms with Gasteiger partial charge in [0.2, 0.25) is 0 Å². The van der Waals surface area contributed by atoms with E-state index in [0.717, 1.165) is 51.8 Å². The normalized spacial score (nSPS) is 11.4. The molecule has 24 heavy (non-hydrogen) atoms. The Bertz CT molecular complexity index is 949. The molecular formula is C18H18N4OS. The van der Waals surface area contributed by atoms with Gasteiger partial charge in [-0.3, -0.25) is 4.68 Å². The number of fused-ring (bicyclic) bond motifs is 1. The average molecular weight is 338 g/mol. The second-order valence-electron chi connectivity index (χ2n) is 5.79. The second kappa shape index (κ2) is 6.22. The number of para-hydroxylation sites is 1. The molecule has 0 atom stereocenters. The third kappa shape index (κ3) is 2.98. The SMILES string of the molecule is Cc1nc(CNCc2cn(C)nc2-c2cc3ccccc3o2)cs1. The lowest BCUT2D eigenvalue weighted by atomic mass is 10.2. The highest BCUT2D eigenvalue weighted by molar-refractivity contribution is 7.09. The Morgan fingerprint density at radius 2 is 2.12 bits per heavy atom. The number of rotatable bonds is 5. The fraction of sp³-hybridized carbons (Fsp3) is 0.222. The van der Waals surface area contributed by atoms with E-state index >= 15 is 0 Å². The summed E-state index contributed by atoms with van der Waals surface area (Å²) >= 11 is 1.67. The monoisotopic (exact) mass is 338 g/mol. The lowest BCUT2D eigenvalue weighted by Gasteiger charge is -2.02. The van der Waals surface area contributed by atoms with Crippen molar-refractivity contribution >= 4 is 22.3 Å². The Kier molecular flexibility index (Phi) is 3.92. The predicted octanol–water partition coefficient (Wildman–Crippen LogP) is 3.89. The first kappa shape index (κ1) is 15.1. The molecule has 3 heterocycles. The number of furan rings is 1. The highest BCUT2D eigenvalue weighted by atomic mass is 32.1. The Morgan fingerprint density at radius 3 is 2.92 bits per heavy atom. The number of aromatic nitrogens is 3. The second-order valence-corrected chi connectivity index (χ2v) is 6.85. The van der Waals surface area contributed by atoms with Crippen molar-refractivity contribution in [3.63, 3.8) is 0 Å². The van der Waals surface area contributed by atoms with Gasteiger partial charge in [0.1, 0.15) is 11.3 Å². The van der Waals surface area contributed by atoms with Gasteiger partial charge in [-0.1, -0.05) is 18.2 Å². The van der Waals surface area contributed by atoms with E-state index in [1.807, 2.05) is 55.2 Å². The Labute approximate surface area is 143 Å². The maximum atomic E-state index is 5.96. The van der Waals surface area contributed by atoms with Gasteiger partial charge in [0.15, 0.2) is 5.76 Å². The largest absolute Gasteiger partial charge is 0.454 e. The van der Waals surface area contributed by atoms with E-state index in [1.54, 1.807) is 11.3 Å². The first-order valence-electron chi connectivity index (χ1n) is 7.82. The van der Waals surface area contributed by atoms with Crippen LogP contribution in [0.2, 0.25) is 0 Å². The maximum absolute atomic E-state index is 5.96. The highest BCUT2D eigenvalue weighted by Crippen LogP contribution is 2.28. The Hall–Kier alpha value is -2.44. The van der Waals surface area contributed by atoms with Gasteiger partial charge in [-0.05, 0) is 19.1 Å². The third-order valence-corrected chi connectivity index (χ3v) is 4.67. The van der Waals surface area contributed by atoms with E-state index < -0.39 is 0 Å². The first-order chi connectivity index (χ1) is 11.7. The number of hydrogen-bond donors (Lipinski definition) is 1. The molecule has 0 spiro atoms. The van der Waals surface area contributed by atoms with E-state index in [-0.39, 0.29) is 0 Å². The van der Waals surface area contributed by atoms with E-state index in [1.165, 1.54) is 0 Å². The van der Waals surface area contributed by atoms with E-state index in [4.69, 9.17) is 4.42 Å². The van der Waals surface area contributed by atoms with Crippen molar-refractivity contribution in [2.45, 2.75) is 20.0 Å². The summed E-state index contributed by atoms with van der Waals surface area (Å²) < 4.78 is 7.79. The minimum Gasteiger partial charge on any atom is -0.454 e. The highest BCUT2D eigenvalue weighted by Gasteiger charge is 2.14. The molecule has 4 rings (SSSR count). The van der Waals surface area contributed by atoms with Crippen LogP contribution in [-0.4, -0.2) is 14.8 Å². The molecule has 1 N–H and O–H groups in total. The van der Waals surface area contributed by atoms with Crippen LogP contribution in [0.4, 0.5) is 0 Å². The zero-order valence-electron chi connectivity index (χ0n) is 13.6. The zero-order chi connectivity index (χ0) is 16.5. The van der Waals surface area contributed by atoms with Gasteiger partial charge in [0.05, 0.1) is 10.7 Å². The van der Waals surface area contributed by atoms with Gasteiger partial charge in [0.25, 0.3) is 0 Å². The molecule has 4 aromatic rings. The summed E-state index contributed by atoms with van der Waals surface area (Å²) in [5.41, 5.74) is 3.96. The summed E-state index contributed by atoms with van der Waals surface area (Å²) in [5, 5.41) is 12.3. The molecule has 0 bridgehead atoms. The Morgan fingerprint density at radius 1 is 1.25 bits per heavy atom. The van der Waals surface area contributed by atoms with Crippen LogP contribution in [-0.2, 0) is 20.1 Å². The molecule has 5 nitrogen and oxygen atoms in total. The van der Waals surface area contributed by atoms with Crippen LogP contribution in [0, 0.1) is 6.92 Å². The quantitative estimate of drug-likeness (QED) is 0.600. The zero-order valence-corrected chi connectivity index (χ0v) is 14.4. The van der Waals surface area contributed by atoms with Crippen molar-refractivity contribution in [3.05, 3.63) is 58.2 Å². The molecule has 0 saturated carbocycles. The van der Waals surface area contributed by atoms with Gasteiger partial charge in [-0.25, -0.2) is 4.98 Å². The number of nitrogens with zero attached hydrogens (tertiary/aromatic N) is 3. The first-order valence-corrected chi connectivity index (χ1v) is 8.70. The molecule has 0 aliphatic rings. The summed E-state index contributed by atoms with van der Waals surface area (Å²) in [6, 6.07) is 10.1. The minimum absolute atomic E-state index is 0.719. The number of thiazole rings is 1. The van der Waals surface area contributed by atoms with Crippen LogP contribution in [0.25, 0.3) is 22.4 Å². The van der Waals surface area contributed by atoms with Crippen LogP contribution >= 0.6 is 11.3 Å². The molecule has 1 aromatic carbocycles. The lowest BCUT2D eigenvalue weighted by Crippen LogP contribution is -2.13. The summed E-state index contributed by atoms with van der Waals surface area (Å²) in [7, 11) is 1.93. The van der Waals surface area contributed by atoms with Crippen LogP contribution in [0.5, 0.6) is 0 Å². The molecule has 0 saturated heterocycles. The van der Waals surface area contributed by atoms with E-state index in [2.05, 4.69) is 20.8 Å². The third-order valence-electron chi connectivity index (χ3n) is 3.85. The summed E-state index contributed by atoms with van der Waals surface area (Å²) in [5.74, 6) is 0.804. The minimum atomic E-state index is 0.719. The van der Waals surface area contributed by atoms with E-state index in [9.17, 15) is 0 Å². The number of nitrogens with one attached hydrogen (secondary N) is 1. The van der Waals surface area contributed by atoms with Gasteiger partial charge >= 0.3 is 0 Å². The smallest absolute Gasteiger partial charge is 0.156 e. The van der Waals surface area contributed by atoms with Crippen molar-refractivity contribution in [1.29, 1.82) is 0 Å². The standard InChI is InChI=1S/C18H18N4OS/c1-12-20-15(11-24-12)9-19-8-14-10-22(2)21-18(14)17-7-13-5-3-4-6-16(13)23-17/h3-7,10-11,19H,8-9H2,1-2H3. The molecule has 0 radical (unpaired) electrons. The summed E-state index contributed by atoms with van der Waals surface area (Å²) in [6.45, 7) is 3.49. The molecular weight excluding hydrogens is 320 g/mol. The lowest BCUT2D eigenvalue weighted by molar-refractivity contribution is 0.622. The molecule has 0 fully saturated rings. The molecule has 0 unspecified atom stereocenters. The van der Waals surface area contributed by atoms with Crippen LogP contribution < -0.4 is 5.32 Å². The van der Waals surface area contributed by atoms with Crippen molar-refractivity contribution in [3.8, 4) is 11.5 Å². The Balaban J connectivity index is 1.55. The predicted molar refractivity (Wildman–Crippen MR) is 95.8 cm³/mol. The van der Waals surface area contributed by atoms with Crippen molar-refractivity contribution in [2.75, 3.05) is 0 Å². The average Bonchev–Trinajstić information content (AvgIpc) is 3.25. The molecule has 6 heteroatoms. The molecule has 3 aromatic heterocycles. The number of benzene rings is 1. The summed E-state index contributed by atoms with van der Waals surface area (Å²) in [4.78, 5) is 4.47. The number of aryl methyl sites for hydroxylation is 2. The van der Waals surface area contributed by atoms with Crippen molar-refractivity contribution in [2.24, 2.45) is 7.05 Å². The number of hydrogen-bond acceptors (Lipinski definition) is 5.